The van der Waals surface area contributed by atoms with Crippen molar-refractivity contribution in [3.63, 3.8) is 0 Å². The highest BCUT2D eigenvalue weighted by Gasteiger charge is 2.38. The molecule has 0 fully saturated rings. The number of aromatic nitrogens is 4. The molecule has 0 saturated carbocycles. The molecule has 310 valence electrons. The molecule has 0 aliphatic carbocycles. The van der Waals surface area contributed by atoms with Gasteiger partial charge in [-0.05, 0) is 74.2 Å². The maximum atomic E-state index is 13.1. The van der Waals surface area contributed by atoms with E-state index in [1.165, 1.54) is 0 Å². The van der Waals surface area contributed by atoms with Crippen LogP contribution >= 0.6 is 12.2 Å². The lowest BCUT2D eigenvalue weighted by molar-refractivity contribution is -0.192. The van der Waals surface area contributed by atoms with Crippen LogP contribution in [0.2, 0.25) is 0 Å². The molecular weight excluding hydrogens is 774 g/mol. The van der Waals surface area contributed by atoms with E-state index in [2.05, 4.69) is 20.9 Å². The second-order valence-corrected chi connectivity index (χ2v) is 12.9. The zero-order valence-electron chi connectivity index (χ0n) is 31.5. The number of aromatic amines is 1. The number of carbonyl (C=O) groups excluding carboxylic acids is 3. The topological polar surface area (TPSA) is 225 Å². The maximum absolute atomic E-state index is 13.1. The molecule has 4 aromatic rings. The highest BCUT2D eigenvalue weighted by atomic mass is 32.1. The van der Waals surface area contributed by atoms with E-state index in [1.54, 1.807) is 28.8 Å². The summed E-state index contributed by atoms with van der Waals surface area (Å²) in [5, 5.41) is 15.2. The number of carbonyl (C=O) groups is 4. The molecule has 7 N–H and O–H groups in total. The number of nitrogens with two attached hydrogens (primary N) is 1. The van der Waals surface area contributed by atoms with Crippen LogP contribution in [0.15, 0.2) is 59.4 Å². The molecule has 20 heteroatoms. The number of unbranched alkanes of at least 4 members (excludes halogenated alkanes) is 1. The number of benzene rings is 2. The lowest BCUT2D eigenvalue weighted by atomic mass is 10.1. The molecule has 1 unspecified atom stereocenters. The molecule has 2 aromatic heterocycles. The summed E-state index contributed by atoms with van der Waals surface area (Å²) in [6.45, 7) is 6.07. The number of ether oxygens (including phenoxy) is 2. The first-order chi connectivity index (χ1) is 27.2. The third-order valence-corrected chi connectivity index (χ3v) is 8.44. The largest absolute Gasteiger partial charge is 0.490 e. The van der Waals surface area contributed by atoms with Crippen LogP contribution in [0.4, 0.5) is 18.0 Å². The number of aliphatic carboxylic acids is 1. The third kappa shape index (κ3) is 14.7. The molecule has 2 heterocycles. The van der Waals surface area contributed by atoms with Gasteiger partial charge in [0.2, 0.25) is 5.91 Å². The summed E-state index contributed by atoms with van der Waals surface area (Å²) < 4.78 is 46.5. The van der Waals surface area contributed by atoms with E-state index in [1.807, 2.05) is 48.7 Å². The van der Waals surface area contributed by atoms with Crippen molar-refractivity contribution in [2.75, 3.05) is 26.2 Å². The molecule has 0 aliphatic heterocycles. The number of hydrogen-bond acceptors (Lipinski definition) is 10. The number of nitrogens with zero attached hydrogens (tertiary/aromatic N) is 3. The molecule has 4 rings (SSSR count). The summed E-state index contributed by atoms with van der Waals surface area (Å²) in [7, 11) is 0. The van der Waals surface area contributed by atoms with Crippen molar-refractivity contribution in [3.8, 4) is 17.1 Å². The number of carboxylic acid groups (broad SMARTS) is 1. The van der Waals surface area contributed by atoms with Crippen LogP contribution in [-0.2, 0) is 38.8 Å². The summed E-state index contributed by atoms with van der Waals surface area (Å²) in [6, 6.07) is 15.7. The van der Waals surface area contributed by atoms with Crippen molar-refractivity contribution >= 4 is 47.3 Å². The van der Waals surface area contributed by atoms with Crippen LogP contribution in [-0.4, -0.2) is 86.5 Å². The molecule has 16 nitrogen and oxygen atoms in total. The van der Waals surface area contributed by atoms with Gasteiger partial charge in [-0.3, -0.25) is 19.0 Å². The molecule has 3 amide bonds. The van der Waals surface area contributed by atoms with Gasteiger partial charge < -0.3 is 45.8 Å². The standard InChI is InChI=1S/C35H46N8O6S.C2HF3O2/c1-3-20-42-31-29(33(46)43(21-4-2)35(42)50)40-30(41-31)25-13-15-26(16-14-25)48-23-28(44)37-18-19-38-32(45)27(36)12-8-9-17-39-34(47)49-22-24-10-6-5-7-11-24;3-2(4,5)1(6)7/h5-7,10-11,13-16,27H,3-4,8-9,12,17-23,36H2,1-2H3,(H,37,44)(H,38,45)(H,39,47)(H,40,41);(H,6,7). The summed E-state index contributed by atoms with van der Waals surface area (Å²) in [4.78, 5) is 66.3. The summed E-state index contributed by atoms with van der Waals surface area (Å²) in [5.41, 5.74) is 8.39. The van der Waals surface area contributed by atoms with Crippen molar-refractivity contribution in [1.29, 1.82) is 0 Å². The minimum absolute atomic E-state index is 0.188. The third-order valence-electron chi connectivity index (χ3n) is 8.00. The van der Waals surface area contributed by atoms with Crippen molar-refractivity contribution in [2.24, 2.45) is 5.73 Å². The van der Waals surface area contributed by atoms with Gasteiger partial charge in [-0.25, -0.2) is 14.6 Å². The highest BCUT2D eigenvalue weighted by Crippen LogP contribution is 2.22. The van der Waals surface area contributed by atoms with Gasteiger partial charge in [-0.15, -0.1) is 0 Å². The SMILES string of the molecule is CCCn1c(=O)c2[nH]c(-c3ccc(OCC(=O)NCCNC(=O)C(N)CCCCNC(=O)OCc4ccccc4)cc3)nc2n(CCC)c1=S.O=C(O)C(F)(F)F. The molecule has 0 bridgehead atoms. The first-order valence-electron chi connectivity index (χ1n) is 18.2. The van der Waals surface area contributed by atoms with E-state index in [0.29, 0.717) is 66.4 Å². The van der Waals surface area contributed by atoms with E-state index in [4.69, 9.17) is 42.3 Å². The number of alkyl halides is 3. The number of fused-ring (bicyclic) bond motifs is 1. The molecule has 0 saturated heterocycles. The Hall–Kier alpha value is -5.76. The average Bonchev–Trinajstić information content (AvgIpc) is 3.64. The fraction of sp³-hybridized carbons (Fsp3) is 0.432. The van der Waals surface area contributed by atoms with Gasteiger partial charge in [-0.1, -0.05) is 44.2 Å². The van der Waals surface area contributed by atoms with Crippen LogP contribution < -0.4 is 32.0 Å². The Morgan fingerprint density at radius 3 is 2.19 bits per heavy atom. The first-order valence-corrected chi connectivity index (χ1v) is 18.6. The number of nitrogens with one attached hydrogen (secondary N) is 4. The zero-order valence-corrected chi connectivity index (χ0v) is 32.3. The van der Waals surface area contributed by atoms with Gasteiger partial charge in [0.15, 0.2) is 17.0 Å². The number of carboxylic acids is 1. The smallest absolute Gasteiger partial charge is 0.484 e. The number of amides is 3. The quantitative estimate of drug-likeness (QED) is 0.0574. The Kier molecular flexibility index (Phi) is 18.2. The number of rotatable bonds is 19. The number of H-pyrrole nitrogens is 1. The summed E-state index contributed by atoms with van der Waals surface area (Å²) >= 11 is 5.62. The lowest BCUT2D eigenvalue weighted by Crippen LogP contribution is -2.44. The van der Waals surface area contributed by atoms with Crippen molar-refractivity contribution in [2.45, 2.75) is 77.9 Å². The number of halogens is 3. The number of aryl methyl sites for hydroxylation is 1. The number of imidazole rings is 1. The fourth-order valence-corrected chi connectivity index (χ4v) is 5.51. The summed E-state index contributed by atoms with van der Waals surface area (Å²) in [5.74, 6) is -2.40. The van der Waals surface area contributed by atoms with Crippen LogP contribution in [0.1, 0.15) is 51.5 Å². The predicted molar refractivity (Wildman–Crippen MR) is 207 cm³/mol. The van der Waals surface area contributed by atoms with E-state index in [9.17, 15) is 32.3 Å². The van der Waals surface area contributed by atoms with Gasteiger partial charge in [-0.2, -0.15) is 13.2 Å². The monoisotopic (exact) mass is 820 g/mol. The zero-order chi connectivity index (χ0) is 42.0. The van der Waals surface area contributed by atoms with Crippen molar-refractivity contribution in [1.82, 2.24) is 35.1 Å². The average molecular weight is 821 g/mol. The van der Waals surface area contributed by atoms with E-state index in [0.717, 1.165) is 24.0 Å². The van der Waals surface area contributed by atoms with Crippen LogP contribution in [0.5, 0.6) is 5.75 Å². The Labute approximate surface area is 330 Å². The fourth-order valence-electron chi connectivity index (χ4n) is 5.16. The Morgan fingerprint density at radius 2 is 1.56 bits per heavy atom. The van der Waals surface area contributed by atoms with Gasteiger partial charge in [0.1, 0.15) is 23.7 Å². The Bertz CT molecular complexity index is 2050. The lowest BCUT2D eigenvalue weighted by Gasteiger charge is -2.13. The Balaban J connectivity index is 0.00000113. The second-order valence-electron chi connectivity index (χ2n) is 12.5. The van der Waals surface area contributed by atoms with Crippen LogP contribution in [0.25, 0.3) is 22.6 Å². The molecule has 0 radical (unpaired) electrons. The minimum Gasteiger partial charge on any atom is -0.484 e. The van der Waals surface area contributed by atoms with Gasteiger partial charge in [0.25, 0.3) is 11.5 Å². The molecule has 1 atom stereocenters. The summed E-state index contributed by atoms with van der Waals surface area (Å²) in [6.07, 6.45) is -2.20. The minimum atomic E-state index is -5.08. The van der Waals surface area contributed by atoms with Crippen molar-refractivity contribution in [3.05, 3.63) is 75.3 Å². The van der Waals surface area contributed by atoms with Gasteiger partial charge in [0, 0.05) is 38.3 Å². The molecule has 57 heavy (non-hydrogen) atoms. The van der Waals surface area contributed by atoms with E-state index >= 15 is 0 Å². The maximum Gasteiger partial charge on any atom is 0.490 e. The number of hydrogen-bond donors (Lipinski definition) is 6. The molecule has 2 aromatic carbocycles. The van der Waals surface area contributed by atoms with Crippen LogP contribution in [0, 0.1) is 4.77 Å². The molecule has 0 spiro atoms. The first kappa shape index (κ1) is 45.6. The second kappa shape index (κ2) is 22.7. The molecular formula is C37H47F3N8O8S. The normalized spacial score (nSPS) is 11.5. The van der Waals surface area contributed by atoms with Crippen LogP contribution in [0.3, 0.4) is 0 Å². The van der Waals surface area contributed by atoms with Gasteiger partial charge >= 0.3 is 18.2 Å². The van der Waals surface area contributed by atoms with E-state index in [-0.39, 0.29) is 43.7 Å². The van der Waals surface area contributed by atoms with Gasteiger partial charge in [0.05, 0.1) is 6.04 Å². The Morgan fingerprint density at radius 1 is 0.930 bits per heavy atom. The predicted octanol–water partition coefficient (Wildman–Crippen LogP) is 4.41. The van der Waals surface area contributed by atoms with E-state index < -0.39 is 24.3 Å². The molecule has 0 aliphatic rings. The highest BCUT2D eigenvalue weighted by molar-refractivity contribution is 7.71. The number of alkyl carbamates (subject to hydrolysis) is 1. The van der Waals surface area contributed by atoms with Crippen molar-refractivity contribution < 1.29 is 46.9 Å².